The minimum absolute atomic E-state index is 0.940. The van der Waals surface area contributed by atoms with E-state index in [1.807, 2.05) is 0 Å². The second-order valence-corrected chi connectivity index (χ2v) is 15.8. The molecule has 0 N–H and O–H groups in total. The van der Waals surface area contributed by atoms with Crippen molar-refractivity contribution in [1.29, 1.82) is 0 Å². The van der Waals surface area contributed by atoms with Crippen molar-refractivity contribution in [1.82, 2.24) is 0 Å². The highest BCUT2D eigenvalue weighted by Gasteiger charge is 2.36. The van der Waals surface area contributed by atoms with Gasteiger partial charge in [0.1, 0.15) is 0 Å². The van der Waals surface area contributed by atoms with Gasteiger partial charge < -0.3 is 13.3 Å². The molecule has 0 amide bonds. The first-order valence-electron chi connectivity index (χ1n) is 17.0. The molecule has 0 aromatic rings. The molecule has 3 nitrogen and oxygen atoms in total. The number of halogens is 1. The molecule has 0 atom stereocenters. The summed E-state index contributed by atoms with van der Waals surface area (Å²) in [5, 5.41) is 0. The molecule has 0 spiro atoms. The molecule has 0 saturated heterocycles. The number of hydrogen-bond acceptors (Lipinski definition) is 3. The predicted octanol–water partition coefficient (Wildman–Crippen LogP) is 12.2. The summed E-state index contributed by atoms with van der Waals surface area (Å²) in [7, 11) is 2.79. The molecular weight excluding hydrogens is 599 g/mol. The van der Waals surface area contributed by atoms with Gasteiger partial charge in [-0.2, -0.15) is 0 Å². The first-order chi connectivity index (χ1) is 18.7. The van der Waals surface area contributed by atoms with Gasteiger partial charge in [0.05, 0.1) is 0 Å². The van der Waals surface area contributed by atoms with E-state index in [1.54, 1.807) is 21.3 Å². The lowest BCUT2D eigenvalue weighted by atomic mass is 10.0. The quantitative estimate of drug-likeness (QED) is 0.0301. The van der Waals surface area contributed by atoms with Crippen molar-refractivity contribution in [2.24, 2.45) is 0 Å². The molecule has 0 rings (SSSR count). The van der Waals surface area contributed by atoms with E-state index >= 15 is 0 Å². The van der Waals surface area contributed by atoms with Crippen LogP contribution in [0, 0.1) is 0 Å². The van der Waals surface area contributed by atoms with Gasteiger partial charge in [-0.05, 0) is 17.3 Å². The van der Waals surface area contributed by atoms with E-state index in [1.165, 1.54) is 178 Å². The number of hydrogen-bond donors (Lipinski definition) is 0. The molecule has 5 heteroatoms. The molecule has 0 fully saturated rings. The lowest BCUT2D eigenvalue weighted by molar-refractivity contribution is 0.122. The predicted molar refractivity (Wildman–Crippen MR) is 180 cm³/mol. The van der Waals surface area contributed by atoms with Crippen molar-refractivity contribution in [3.63, 3.8) is 0 Å². The summed E-state index contributed by atoms with van der Waals surface area (Å²) in [6.07, 6.45) is 40.3. The Kier molecular flexibility index (Phi) is 33.0. The van der Waals surface area contributed by atoms with Crippen LogP contribution in [-0.4, -0.2) is 34.6 Å². The Morgan fingerprint density at radius 1 is 0.316 bits per heavy atom. The Hall–Kier alpha value is 0.827. The van der Waals surface area contributed by atoms with Crippen molar-refractivity contribution < 1.29 is 13.3 Å². The van der Waals surface area contributed by atoms with E-state index in [0.29, 0.717) is 0 Å². The maximum atomic E-state index is 5.49. The highest BCUT2D eigenvalue weighted by molar-refractivity contribution is 14.1. The number of alkyl halides is 1. The van der Waals surface area contributed by atoms with Gasteiger partial charge in [0.25, 0.3) is 0 Å². The maximum Gasteiger partial charge on any atom is 0.500 e. The summed E-state index contributed by atoms with van der Waals surface area (Å²) < 4.78 is 17.8. The lowest BCUT2D eigenvalue weighted by Crippen LogP contribution is -2.42. The molecule has 0 aromatic carbocycles. The average Bonchev–Trinajstić information content (AvgIpc) is 2.94. The van der Waals surface area contributed by atoms with Gasteiger partial charge in [0.2, 0.25) is 0 Å². The first-order valence-corrected chi connectivity index (χ1v) is 20.4. The Balaban J connectivity index is 3.13. The third kappa shape index (κ3) is 27.0. The van der Waals surface area contributed by atoms with Crippen LogP contribution < -0.4 is 0 Å². The highest BCUT2D eigenvalue weighted by atomic mass is 127. The van der Waals surface area contributed by atoms with Crippen LogP contribution in [0.5, 0.6) is 0 Å². The summed E-state index contributed by atoms with van der Waals surface area (Å²) in [6, 6.07) is 0.940. The van der Waals surface area contributed by atoms with Crippen molar-refractivity contribution >= 4 is 31.4 Å². The zero-order chi connectivity index (χ0) is 27.8. The van der Waals surface area contributed by atoms with Gasteiger partial charge >= 0.3 is 8.80 Å². The van der Waals surface area contributed by atoms with Gasteiger partial charge in [-0.1, -0.05) is 190 Å². The summed E-state index contributed by atoms with van der Waals surface area (Å²) in [5.41, 5.74) is 0. The third-order valence-corrected chi connectivity index (χ3v) is 11.9. The molecular formula is C33H69IO3Si. The third-order valence-electron chi connectivity index (χ3n) is 8.30. The van der Waals surface area contributed by atoms with Gasteiger partial charge in [-0.15, -0.1) is 0 Å². The van der Waals surface area contributed by atoms with Crippen molar-refractivity contribution in [3.05, 3.63) is 0 Å². The molecule has 38 heavy (non-hydrogen) atoms. The zero-order valence-electron chi connectivity index (χ0n) is 26.3. The smallest absolute Gasteiger partial charge is 0.377 e. The van der Waals surface area contributed by atoms with Crippen LogP contribution in [0.15, 0.2) is 0 Å². The SMILES string of the molecule is CO[Si](CCCCCCCCCCCCCCCCCCCCCCCCCCCCCCI)(OC)OC. The maximum absolute atomic E-state index is 5.49. The number of unbranched alkanes of at least 4 members (excludes halogenated alkanes) is 27. The zero-order valence-corrected chi connectivity index (χ0v) is 29.5. The molecule has 0 saturated carbocycles. The molecule has 0 aliphatic heterocycles. The Labute approximate surface area is 255 Å². The summed E-state index contributed by atoms with van der Waals surface area (Å²) >= 11 is 2.50. The van der Waals surface area contributed by atoms with Gasteiger partial charge in [0, 0.05) is 27.4 Å². The fraction of sp³-hybridized carbons (Fsp3) is 1.00. The summed E-state index contributed by atoms with van der Waals surface area (Å²) in [4.78, 5) is 0. The normalized spacial score (nSPS) is 12.0. The van der Waals surface area contributed by atoms with E-state index < -0.39 is 8.80 Å². The van der Waals surface area contributed by atoms with Crippen molar-refractivity contribution in [2.45, 2.75) is 186 Å². The van der Waals surface area contributed by atoms with E-state index in [2.05, 4.69) is 22.6 Å². The second kappa shape index (κ2) is 32.3. The molecule has 0 radical (unpaired) electrons. The topological polar surface area (TPSA) is 27.7 Å². The van der Waals surface area contributed by atoms with Gasteiger partial charge in [-0.25, -0.2) is 0 Å². The molecule has 0 aromatic heterocycles. The van der Waals surface area contributed by atoms with Crippen molar-refractivity contribution in [2.75, 3.05) is 25.8 Å². The second-order valence-electron chi connectivity index (χ2n) is 11.6. The van der Waals surface area contributed by atoms with Crippen LogP contribution in [-0.2, 0) is 13.3 Å². The van der Waals surface area contributed by atoms with Gasteiger partial charge in [0.15, 0.2) is 0 Å². The summed E-state index contributed by atoms with van der Waals surface area (Å²) in [6.45, 7) is 0. The van der Waals surface area contributed by atoms with Crippen LogP contribution in [0.1, 0.15) is 180 Å². The average molecular weight is 669 g/mol. The Bertz CT molecular complexity index is 426. The van der Waals surface area contributed by atoms with Crippen LogP contribution >= 0.6 is 22.6 Å². The standard InChI is InChI=1S/C33H69IO3Si/c1-35-38(36-2,37-3)33-31-29-27-25-23-21-19-17-15-13-11-9-7-5-4-6-8-10-12-14-16-18-20-22-24-26-28-30-32-34/h4-33H2,1-3H3. The van der Waals surface area contributed by atoms with E-state index in [9.17, 15) is 0 Å². The lowest BCUT2D eigenvalue weighted by Gasteiger charge is -2.24. The minimum atomic E-state index is -2.34. The van der Waals surface area contributed by atoms with E-state index in [4.69, 9.17) is 13.3 Å². The van der Waals surface area contributed by atoms with Crippen LogP contribution in [0.3, 0.4) is 0 Å². The van der Waals surface area contributed by atoms with E-state index in [-0.39, 0.29) is 0 Å². The minimum Gasteiger partial charge on any atom is -0.377 e. The fourth-order valence-corrected chi connectivity index (χ4v) is 7.92. The molecule has 0 unspecified atom stereocenters. The fourth-order valence-electron chi connectivity index (χ4n) is 5.59. The first kappa shape index (κ1) is 38.8. The Morgan fingerprint density at radius 3 is 0.684 bits per heavy atom. The van der Waals surface area contributed by atoms with Crippen molar-refractivity contribution in [3.8, 4) is 0 Å². The monoisotopic (exact) mass is 668 g/mol. The number of rotatable bonds is 33. The highest BCUT2D eigenvalue weighted by Crippen LogP contribution is 2.19. The van der Waals surface area contributed by atoms with Gasteiger partial charge in [-0.3, -0.25) is 0 Å². The molecule has 0 heterocycles. The van der Waals surface area contributed by atoms with Crippen LogP contribution in [0.2, 0.25) is 6.04 Å². The molecule has 0 aliphatic carbocycles. The van der Waals surface area contributed by atoms with E-state index in [0.717, 1.165) is 12.5 Å². The van der Waals surface area contributed by atoms with Crippen LogP contribution in [0.4, 0.5) is 0 Å². The molecule has 0 aliphatic rings. The molecule has 230 valence electrons. The summed E-state index contributed by atoms with van der Waals surface area (Å²) in [5.74, 6) is 0. The molecule has 0 bridgehead atoms. The largest absolute Gasteiger partial charge is 0.500 e. The Morgan fingerprint density at radius 2 is 0.500 bits per heavy atom. The van der Waals surface area contributed by atoms with Crippen LogP contribution in [0.25, 0.3) is 0 Å².